The number of unbranched alkanes of at least 4 members (excludes halogenated alkanes) is 1. The number of carbonyl (C=O) groups excluding carboxylic acids is 1. The average molecular weight is 406 g/mol. The molecule has 0 saturated carbocycles. The molecule has 0 aliphatic heterocycles. The van der Waals surface area contributed by atoms with Crippen LogP contribution in [0.4, 0.5) is 5.69 Å². The summed E-state index contributed by atoms with van der Waals surface area (Å²) in [6, 6.07) is 2.59. The first kappa shape index (κ1) is 24.5. The Morgan fingerprint density at radius 3 is 2.32 bits per heavy atom. The van der Waals surface area contributed by atoms with Gasteiger partial charge in [-0.05, 0) is 51.2 Å². The van der Waals surface area contributed by atoms with Crippen molar-refractivity contribution < 1.29 is 9.90 Å². The highest BCUT2D eigenvalue weighted by atomic mass is 32.1. The van der Waals surface area contributed by atoms with Crippen LogP contribution in [-0.4, -0.2) is 23.5 Å². The van der Waals surface area contributed by atoms with E-state index in [1.807, 2.05) is 0 Å². The average Bonchev–Trinajstić information content (AvgIpc) is 3.08. The van der Waals surface area contributed by atoms with Crippen molar-refractivity contribution in [3.05, 3.63) is 28.5 Å². The molecular weight excluding hydrogens is 366 g/mol. The van der Waals surface area contributed by atoms with Crippen molar-refractivity contribution >= 4 is 34.1 Å². The minimum absolute atomic E-state index is 0.122. The van der Waals surface area contributed by atoms with E-state index in [1.165, 1.54) is 10.5 Å². The lowest BCUT2D eigenvalue weighted by atomic mass is 10.0. The van der Waals surface area contributed by atoms with Crippen LogP contribution in [0.15, 0.2) is 18.7 Å². The molecule has 158 valence electrons. The quantitative estimate of drug-likeness (QED) is 0.323. The molecule has 0 radical (unpaired) electrons. The number of nitrogens with zero attached hydrogens (tertiary/aromatic N) is 1. The molecule has 1 aromatic heterocycles. The fraction of sp³-hybridized carbons (Fsp3) is 0.625. The second kappa shape index (κ2) is 12.8. The highest BCUT2D eigenvalue weighted by molar-refractivity contribution is 7.14. The van der Waals surface area contributed by atoms with Crippen LogP contribution in [-0.2, 0) is 4.79 Å². The van der Waals surface area contributed by atoms with Crippen LogP contribution in [0.3, 0.4) is 0 Å². The molecule has 1 aromatic rings. The zero-order valence-electron chi connectivity index (χ0n) is 18.5. The van der Waals surface area contributed by atoms with Crippen LogP contribution >= 0.6 is 11.3 Å². The summed E-state index contributed by atoms with van der Waals surface area (Å²) >= 11 is 1.62. The van der Waals surface area contributed by atoms with Gasteiger partial charge in [0, 0.05) is 23.9 Å². The molecule has 0 saturated heterocycles. The van der Waals surface area contributed by atoms with Gasteiger partial charge in [0.15, 0.2) is 0 Å². The van der Waals surface area contributed by atoms with Crippen molar-refractivity contribution in [1.82, 2.24) is 0 Å². The maximum Gasteiger partial charge on any atom is 0.131 e. The normalized spacial score (nSPS) is 11.9. The first-order valence-electron chi connectivity index (χ1n) is 10.8. The van der Waals surface area contributed by atoms with E-state index >= 15 is 0 Å². The number of ketones is 1. The molecule has 4 heteroatoms. The van der Waals surface area contributed by atoms with Gasteiger partial charge in [0.25, 0.3) is 0 Å². The zero-order chi connectivity index (χ0) is 21.1. The summed E-state index contributed by atoms with van der Waals surface area (Å²) < 4.78 is 0. The van der Waals surface area contributed by atoms with Crippen LogP contribution in [0.2, 0.25) is 0 Å². The summed E-state index contributed by atoms with van der Waals surface area (Å²) in [7, 11) is 0. The SMILES string of the molecule is C=C(O)c1sc(/C(=C/C)CCCC)cc1N(CCC(C)=O)C(CCC)CCC. The summed E-state index contributed by atoms with van der Waals surface area (Å²) in [5, 5.41) is 10.3. The molecule has 1 rings (SSSR count). The monoisotopic (exact) mass is 405 g/mol. The van der Waals surface area contributed by atoms with Crippen LogP contribution in [0, 0.1) is 0 Å². The third-order valence-electron chi connectivity index (χ3n) is 5.14. The molecule has 0 fully saturated rings. The van der Waals surface area contributed by atoms with Gasteiger partial charge in [-0.15, -0.1) is 11.3 Å². The van der Waals surface area contributed by atoms with Crippen LogP contribution in [0.5, 0.6) is 0 Å². The summed E-state index contributed by atoms with van der Waals surface area (Å²) in [6.45, 7) is 14.9. The molecule has 1 N–H and O–H groups in total. The molecule has 0 atom stereocenters. The Bertz CT molecular complexity index is 654. The predicted octanol–water partition coefficient (Wildman–Crippen LogP) is 7.62. The number of allylic oxidation sites excluding steroid dienone is 2. The number of carbonyl (C=O) groups is 1. The van der Waals surface area contributed by atoms with E-state index in [9.17, 15) is 9.90 Å². The number of aliphatic hydroxyl groups excluding tert-OH is 1. The fourth-order valence-corrected chi connectivity index (χ4v) is 4.78. The largest absolute Gasteiger partial charge is 0.507 e. The Morgan fingerprint density at radius 2 is 1.86 bits per heavy atom. The summed E-state index contributed by atoms with van der Waals surface area (Å²) in [4.78, 5) is 16.1. The van der Waals surface area contributed by atoms with E-state index in [0.717, 1.165) is 55.5 Å². The molecule has 0 bridgehead atoms. The molecule has 0 aromatic carbocycles. The van der Waals surface area contributed by atoms with Gasteiger partial charge in [0.05, 0.1) is 10.6 Å². The minimum Gasteiger partial charge on any atom is -0.507 e. The second-order valence-corrected chi connectivity index (χ2v) is 8.62. The number of hydrogen-bond acceptors (Lipinski definition) is 4. The summed E-state index contributed by atoms with van der Waals surface area (Å²) in [5.41, 5.74) is 2.37. The lowest BCUT2D eigenvalue weighted by molar-refractivity contribution is -0.116. The zero-order valence-corrected chi connectivity index (χ0v) is 19.3. The van der Waals surface area contributed by atoms with Gasteiger partial charge in [0.1, 0.15) is 11.5 Å². The van der Waals surface area contributed by atoms with Crippen molar-refractivity contribution in [3.8, 4) is 0 Å². The van der Waals surface area contributed by atoms with Gasteiger partial charge in [0.2, 0.25) is 0 Å². The molecule has 1 heterocycles. The van der Waals surface area contributed by atoms with Gasteiger partial charge in [-0.3, -0.25) is 4.79 Å². The third kappa shape index (κ3) is 7.12. The molecule has 3 nitrogen and oxygen atoms in total. The molecule has 0 spiro atoms. The van der Waals surface area contributed by atoms with Gasteiger partial charge < -0.3 is 10.0 Å². The van der Waals surface area contributed by atoms with E-state index in [4.69, 9.17) is 0 Å². The van der Waals surface area contributed by atoms with Gasteiger partial charge in [-0.1, -0.05) is 52.7 Å². The molecule has 0 aliphatic carbocycles. The Morgan fingerprint density at radius 1 is 1.21 bits per heavy atom. The van der Waals surface area contributed by atoms with Crippen LogP contribution < -0.4 is 4.90 Å². The Kier molecular flexibility index (Phi) is 11.2. The first-order valence-corrected chi connectivity index (χ1v) is 11.6. The van der Waals surface area contributed by atoms with Crippen molar-refractivity contribution in [2.24, 2.45) is 0 Å². The lowest BCUT2D eigenvalue weighted by Crippen LogP contribution is -2.37. The van der Waals surface area contributed by atoms with Crippen LogP contribution in [0.25, 0.3) is 11.3 Å². The van der Waals surface area contributed by atoms with Crippen molar-refractivity contribution in [2.45, 2.75) is 92.0 Å². The van der Waals surface area contributed by atoms with E-state index in [0.29, 0.717) is 19.0 Å². The molecule has 0 unspecified atom stereocenters. The molecule has 0 amide bonds. The van der Waals surface area contributed by atoms with Crippen molar-refractivity contribution in [2.75, 3.05) is 11.4 Å². The molecular formula is C24H39NO2S. The Balaban J connectivity index is 3.39. The van der Waals surface area contributed by atoms with E-state index in [1.54, 1.807) is 18.3 Å². The topological polar surface area (TPSA) is 40.5 Å². The van der Waals surface area contributed by atoms with Crippen molar-refractivity contribution in [3.63, 3.8) is 0 Å². The van der Waals surface area contributed by atoms with E-state index < -0.39 is 0 Å². The molecule has 28 heavy (non-hydrogen) atoms. The lowest BCUT2D eigenvalue weighted by Gasteiger charge is -2.34. The van der Waals surface area contributed by atoms with E-state index in [2.05, 4.69) is 51.3 Å². The highest BCUT2D eigenvalue weighted by Gasteiger charge is 2.24. The predicted molar refractivity (Wildman–Crippen MR) is 125 cm³/mol. The first-order chi connectivity index (χ1) is 13.4. The summed E-state index contributed by atoms with van der Waals surface area (Å²) in [5.74, 6) is 0.324. The number of hydrogen-bond donors (Lipinski definition) is 1. The minimum atomic E-state index is 0.122. The number of anilines is 1. The van der Waals surface area contributed by atoms with E-state index in [-0.39, 0.29) is 11.5 Å². The number of Topliss-reactive ketones (excluding diaryl/α,β-unsaturated/α-hetero) is 1. The number of thiophene rings is 1. The highest BCUT2D eigenvalue weighted by Crippen LogP contribution is 2.40. The maximum atomic E-state index is 11.7. The van der Waals surface area contributed by atoms with Gasteiger partial charge in [-0.25, -0.2) is 0 Å². The molecule has 0 aliphatic rings. The smallest absolute Gasteiger partial charge is 0.131 e. The Labute approximate surface area is 176 Å². The second-order valence-electron chi connectivity index (χ2n) is 7.57. The Hall–Kier alpha value is -1.55. The van der Waals surface area contributed by atoms with Gasteiger partial charge in [-0.2, -0.15) is 0 Å². The van der Waals surface area contributed by atoms with Gasteiger partial charge >= 0.3 is 0 Å². The number of rotatable bonds is 14. The summed E-state index contributed by atoms with van der Waals surface area (Å²) in [6.07, 6.45) is 10.4. The van der Waals surface area contributed by atoms with Crippen molar-refractivity contribution in [1.29, 1.82) is 0 Å². The fourth-order valence-electron chi connectivity index (χ4n) is 3.64. The number of aliphatic hydroxyl groups is 1. The standard InChI is InChI=1S/C24H39NO2S/c1-7-11-14-20(10-4)23-17-22(24(28-23)19(6)27)25(16-15-18(5)26)21(12-8-2)13-9-3/h10,17,21,27H,6-9,11-16H2,1-5H3/b20-10+. The third-order valence-corrected chi connectivity index (χ3v) is 6.39. The van der Waals surface area contributed by atoms with Crippen LogP contribution in [0.1, 0.15) is 95.7 Å². The maximum absolute atomic E-state index is 11.7.